The molecule has 0 atom stereocenters. The third kappa shape index (κ3) is 3.73. The molecule has 0 amide bonds. The van der Waals surface area contributed by atoms with Gasteiger partial charge in [0.15, 0.2) is 0 Å². The molecule has 0 radical (unpaired) electrons. The van der Waals surface area contributed by atoms with Crippen molar-refractivity contribution in [2.45, 2.75) is 39.2 Å². The molecule has 1 rings (SSSR count). The maximum atomic E-state index is 9.63. The van der Waals surface area contributed by atoms with E-state index in [-0.39, 0.29) is 0 Å². The highest BCUT2D eigenvalue weighted by atomic mass is 16.3. The predicted molar refractivity (Wildman–Crippen MR) is 60.5 cm³/mol. The normalized spacial score (nSPS) is 11.1. The predicted octanol–water partition coefficient (Wildman–Crippen LogP) is 2.57. The number of aliphatic hydroxyl groups is 1. The summed E-state index contributed by atoms with van der Waals surface area (Å²) in [5.41, 5.74) is 2.37. The Morgan fingerprint density at radius 3 is 2.60 bits per heavy atom. The summed E-state index contributed by atoms with van der Waals surface area (Å²) in [5, 5.41) is 18.4. The van der Waals surface area contributed by atoms with Crippen LogP contribution in [0.3, 0.4) is 0 Å². The smallest absolute Gasteiger partial charge is 0.0991 e. The molecule has 0 saturated carbocycles. The second kappa shape index (κ2) is 4.46. The fourth-order valence-electron chi connectivity index (χ4n) is 1.45. The van der Waals surface area contributed by atoms with E-state index in [1.807, 2.05) is 25.1 Å². The Morgan fingerprint density at radius 2 is 2.07 bits per heavy atom. The van der Waals surface area contributed by atoms with E-state index in [1.165, 1.54) is 5.56 Å². The lowest BCUT2D eigenvalue weighted by Crippen LogP contribution is -2.19. The lowest BCUT2D eigenvalue weighted by atomic mass is 9.95. The number of aryl methyl sites for hydroxylation is 2. The lowest BCUT2D eigenvalue weighted by molar-refractivity contribution is 0.0713. The lowest BCUT2D eigenvalue weighted by Gasteiger charge is -2.17. The van der Waals surface area contributed by atoms with Gasteiger partial charge in [-0.25, -0.2) is 0 Å². The van der Waals surface area contributed by atoms with Crippen LogP contribution in [0, 0.1) is 18.3 Å². The zero-order valence-electron chi connectivity index (χ0n) is 9.54. The standard InChI is InChI=1S/C13H17NO/c1-10-4-5-11(9-14)8-12(10)6-7-13(2,3)15/h4-5,8,15H,6-7H2,1-3H3. The second-order valence-electron chi connectivity index (χ2n) is 4.57. The average molecular weight is 203 g/mol. The van der Waals surface area contributed by atoms with Crippen LogP contribution in [-0.2, 0) is 6.42 Å². The van der Waals surface area contributed by atoms with Crippen molar-refractivity contribution in [3.63, 3.8) is 0 Å². The van der Waals surface area contributed by atoms with E-state index >= 15 is 0 Å². The van der Waals surface area contributed by atoms with Crippen LogP contribution in [0.4, 0.5) is 0 Å². The van der Waals surface area contributed by atoms with Crippen molar-refractivity contribution >= 4 is 0 Å². The van der Waals surface area contributed by atoms with Gasteiger partial charge in [-0.2, -0.15) is 5.26 Å². The van der Waals surface area contributed by atoms with Gasteiger partial charge in [-0.3, -0.25) is 0 Å². The van der Waals surface area contributed by atoms with E-state index < -0.39 is 5.60 Å². The van der Waals surface area contributed by atoms with Crippen molar-refractivity contribution in [3.8, 4) is 6.07 Å². The van der Waals surface area contributed by atoms with Crippen LogP contribution >= 0.6 is 0 Å². The minimum Gasteiger partial charge on any atom is -0.390 e. The zero-order chi connectivity index (χ0) is 11.5. The average Bonchev–Trinajstić information content (AvgIpc) is 2.15. The molecule has 1 aromatic rings. The molecule has 0 aliphatic carbocycles. The third-order valence-electron chi connectivity index (χ3n) is 2.48. The van der Waals surface area contributed by atoms with E-state index in [0.29, 0.717) is 12.0 Å². The Kier molecular flexibility index (Phi) is 3.49. The first-order valence-corrected chi connectivity index (χ1v) is 5.14. The number of hydrogen-bond acceptors (Lipinski definition) is 2. The van der Waals surface area contributed by atoms with E-state index in [2.05, 4.69) is 6.07 Å². The van der Waals surface area contributed by atoms with Gasteiger partial charge in [-0.1, -0.05) is 6.07 Å². The topological polar surface area (TPSA) is 44.0 Å². The van der Waals surface area contributed by atoms with E-state index in [1.54, 1.807) is 13.8 Å². The molecule has 2 nitrogen and oxygen atoms in total. The molecule has 0 unspecified atom stereocenters. The number of hydrogen-bond donors (Lipinski definition) is 1. The molecule has 0 bridgehead atoms. The molecule has 80 valence electrons. The number of nitrogens with zero attached hydrogens (tertiary/aromatic N) is 1. The van der Waals surface area contributed by atoms with Gasteiger partial charge >= 0.3 is 0 Å². The summed E-state index contributed by atoms with van der Waals surface area (Å²) in [4.78, 5) is 0. The molecule has 1 aromatic carbocycles. The summed E-state index contributed by atoms with van der Waals surface area (Å²) in [5.74, 6) is 0. The fourth-order valence-corrected chi connectivity index (χ4v) is 1.45. The molecule has 0 heterocycles. The van der Waals surface area contributed by atoms with Crippen molar-refractivity contribution < 1.29 is 5.11 Å². The molecule has 2 heteroatoms. The maximum absolute atomic E-state index is 9.63. The largest absolute Gasteiger partial charge is 0.390 e. The number of rotatable bonds is 3. The van der Waals surface area contributed by atoms with Gasteiger partial charge < -0.3 is 5.11 Å². The Morgan fingerprint density at radius 1 is 1.40 bits per heavy atom. The minimum absolute atomic E-state index is 0.644. The highest BCUT2D eigenvalue weighted by Crippen LogP contribution is 2.17. The van der Waals surface area contributed by atoms with Gasteiger partial charge in [-0.05, 0) is 56.9 Å². The Hall–Kier alpha value is -1.33. The van der Waals surface area contributed by atoms with Gasteiger partial charge in [-0.15, -0.1) is 0 Å². The molecule has 15 heavy (non-hydrogen) atoms. The van der Waals surface area contributed by atoms with Crippen LogP contribution in [0.2, 0.25) is 0 Å². The molecule has 0 aromatic heterocycles. The Bertz CT molecular complexity index is 383. The van der Waals surface area contributed by atoms with Gasteiger partial charge in [0.05, 0.1) is 17.2 Å². The quantitative estimate of drug-likeness (QED) is 0.820. The third-order valence-corrected chi connectivity index (χ3v) is 2.48. The van der Waals surface area contributed by atoms with Gasteiger partial charge in [0.25, 0.3) is 0 Å². The van der Waals surface area contributed by atoms with Crippen LogP contribution in [0.25, 0.3) is 0 Å². The van der Waals surface area contributed by atoms with Crippen LogP contribution in [0.15, 0.2) is 18.2 Å². The maximum Gasteiger partial charge on any atom is 0.0991 e. The van der Waals surface area contributed by atoms with Crippen molar-refractivity contribution in [1.29, 1.82) is 5.26 Å². The van der Waals surface area contributed by atoms with Crippen LogP contribution in [0.1, 0.15) is 37.0 Å². The molecular weight excluding hydrogens is 186 g/mol. The van der Waals surface area contributed by atoms with Gasteiger partial charge in [0, 0.05) is 0 Å². The zero-order valence-corrected chi connectivity index (χ0v) is 9.54. The van der Waals surface area contributed by atoms with Crippen molar-refractivity contribution in [1.82, 2.24) is 0 Å². The minimum atomic E-state index is -0.644. The SMILES string of the molecule is Cc1ccc(C#N)cc1CCC(C)(C)O. The first-order chi connectivity index (χ1) is 6.92. The van der Waals surface area contributed by atoms with E-state index in [4.69, 9.17) is 5.26 Å². The second-order valence-corrected chi connectivity index (χ2v) is 4.57. The molecule has 1 N–H and O–H groups in total. The summed E-state index contributed by atoms with van der Waals surface area (Å²) >= 11 is 0. The highest BCUT2D eigenvalue weighted by molar-refractivity contribution is 5.37. The first-order valence-electron chi connectivity index (χ1n) is 5.14. The first kappa shape index (κ1) is 11.7. The van der Waals surface area contributed by atoms with Gasteiger partial charge in [0.2, 0.25) is 0 Å². The van der Waals surface area contributed by atoms with Crippen molar-refractivity contribution in [2.75, 3.05) is 0 Å². The van der Waals surface area contributed by atoms with Crippen LogP contribution in [0.5, 0.6) is 0 Å². The summed E-state index contributed by atoms with van der Waals surface area (Å²) < 4.78 is 0. The van der Waals surface area contributed by atoms with Crippen molar-refractivity contribution in [3.05, 3.63) is 34.9 Å². The summed E-state index contributed by atoms with van der Waals surface area (Å²) in [6.45, 7) is 5.63. The van der Waals surface area contributed by atoms with Crippen molar-refractivity contribution in [2.24, 2.45) is 0 Å². The molecule has 0 saturated heterocycles. The molecule has 0 aliphatic heterocycles. The number of benzene rings is 1. The number of nitriles is 1. The molecule has 0 aliphatic rings. The van der Waals surface area contributed by atoms with Crippen LogP contribution < -0.4 is 0 Å². The Labute approximate surface area is 91.2 Å². The Balaban J connectivity index is 2.81. The molecular formula is C13H17NO. The fraction of sp³-hybridized carbons (Fsp3) is 0.462. The summed E-state index contributed by atoms with van der Waals surface area (Å²) in [6.07, 6.45) is 1.52. The van der Waals surface area contributed by atoms with Crippen LogP contribution in [-0.4, -0.2) is 10.7 Å². The molecule has 0 fully saturated rings. The highest BCUT2D eigenvalue weighted by Gasteiger charge is 2.13. The summed E-state index contributed by atoms with van der Waals surface area (Å²) in [7, 11) is 0. The van der Waals surface area contributed by atoms with E-state index in [9.17, 15) is 5.11 Å². The summed E-state index contributed by atoms with van der Waals surface area (Å²) in [6, 6.07) is 7.81. The van der Waals surface area contributed by atoms with Gasteiger partial charge in [0.1, 0.15) is 0 Å². The molecule has 0 spiro atoms. The monoisotopic (exact) mass is 203 g/mol. The van der Waals surface area contributed by atoms with E-state index in [0.717, 1.165) is 12.0 Å².